The maximum Gasteiger partial charge on any atom is 0.177 e. The van der Waals surface area contributed by atoms with Gasteiger partial charge in [-0.1, -0.05) is 50.1 Å². The number of aryl methyl sites for hydroxylation is 1. The summed E-state index contributed by atoms with van der Waals surface area (Å²) in [7, 11) is 0. The van der Waals surface area contributed by atoms with E-state index in [2.05, 4.69) is 31.9 Å². The van der Waals surface area contributed by atoms with Crippen LogP contribution in [0.2, 0.25) is 0 Å². The molecule has 0 bridgehead atoms. The molecule has 0 N–H and O–H groups in total. The third kappa shape index (κ3) is 2.45. The second-order valence-corrected chi connectivity index (χ2v) is 4.99. The minimum Gasteiger partial charge on any atom is -0.293 e. The summed E-state index contributed by atoms with van der Waals surface area (Å²) >= 11 is 6.63. The van der Waals surface area contributed by atoms with Gasteiger partial charge in [0.05, 0.1) is 4.83 Å². The van der Waals surface area contributed by atoms with Crippen molar-refractivity contribution in [2.24, 2.45) is 0 Å². The van der Waals surface area contributed by atoms with Crippen molar-refractivity contribution in [3.05, 3.63) is 34.9 Å². The van der Waals surface area contributed by atoms with E-state index in [1.54, 1.807) is 0 Å². The predicted molar refractivity (Wildman–Crippen MR) is 66.8 cm³/mol. The molecule has 0 aromatic heterocycles. The molecule has 0 aliphatic heterocycles. The Balaban J connectivity index is 3.07. The van der Waals surface area contributed by atoms with Crippen molar-refractivity contribution in [3.63, 3.8) is 0 Å². The van der Waals surface area contributed by atoms with Crippen LogP contribution in [0, 0.1) is 13.8 Å². The molecule has 1 rings (SSSR count). The van der Waals surface area contributed by atoms with Gasteiger partial charge in [-0.25, -0.2) is 0 Å². The summed E-state index contributed by atoms with van der Waals surface area (Å²) in [5.74, 6) is 0.142. The number of Topliss-reactive ketones (excluding diaryl/α,β-unsaturated/α-hetero) is 1. The van der Waals surface area contributed by atoms with Crippen molar-refractivity contribution in [2.45, 2.75) is 18.7 Å². The Morgan fingerprint density at radius 1 is 1.43 bits per heavy atom. The molecule has 1 unspecified atom stereocenters. The summed E-state index contributed by atoms with van der Waals surface area (Å²) in [5.41, 5.74) is 3.04. The van der Waals surface area contributed by atoms with Crippen molar-refractivity contribution < 1.29 is 4.79 Å². The van der Waals surface area contributed by atoms with Crippen LogP contribution in [-0.2, 0) is 0 Å². The first-order chi connectivity index (χ1) is 6.57. The molecule has 1 nitrogen and oxygen atoms in total. The fourth-order valence-corrected chi connectivity index (χ4v) is 1.80. The Kier molecular flexibility index (Phi) is 4.32. The molecule has 0 spiro atoms. The molecule has 0 fully saturated rings. The number of halogens is 2. The first kappa shape index (κ1) is 11.9. The molecule has 0 saturated heterocycles. The third-order valence-electron chi connectivity index (χ3n) is 2.29. The lowest BCUT2D eigenvalue weighted by Crippen LogP contribution is -2.16. The van der Waals surface area contributed by atoms with Gasteiger partial charge in [-0.2, -0.15) is 0 Å². The molecule has 0 aliphatic carbocycles. The van der Waals surface area contributed by atoms with Crippen LogP contribution in [0.5, 0.6) is 0 Å². The summed E-state index contributed by atoms with van der Waals surface area (Å²) in [6, 6.07) is 5.81. The zero-order chi connectivity index (χ0) is 10.7. The van der Waals surface area contributed by atoms with E-state index < -0.39 is 0 Å². The Hall–Kier alpha value is -0.150. The van der Waals surface area contributed by atoms with Crippen LogP contribution in [-0.4, -0.2) is 15.9 Å². The third-order valence-corrected chi connectivity index (χ3v) is 4.55. The van der Waals surface area contributed by atoms with Gasteiger partial charge in [-0.15, -0.1) is 0 Å². The number of hydrogen-bond donors (Lipinski definition) is 0. The van der Waals surface area contributed by atoms with Crippen molar-refractivity contribution in [1.82, 2.24) is 0 Å². The van der Waals surface area contributed by atoms with E-state index in [0.29, 0.717) is 5.33 Å². The van der Waals surface area contributed by atoms with Gasteiger partial charge in [-0.05, 0) is 25.0 Å². The first-order valence-electron chi connectivity index (χ1n) is 4.38. The van der Waals surface area contributed by atoms with Crippen molar-refractivity contribution in [2.75, 3.05) is 5.33 Å². The highest BCUT2D eigenvalue weighted by Crippen LogP contribution is 2.18. The van der Waals surface area contributed by atoms with Crippen molar-refractivity contribution in [3.8, 4) is 0 Å². The number of hydrogen-bond acceptors (Lipinski definition) is 1. The first-order valence-corrected chi connectivity index (χ1v) is 6.42. The van der Waals surface area contributed by atoms with Crippen LogP contribution < -0.4 is 0 Å². The summed E-state index contributed by atoms with van der Waals surface area (Å²) in [6.45, 7) is 4.00. The lowest BCUT2D eigenvalue weighted by Gasteiger charge is -2.09. The Labute approximate surface area is 101 Å². The number of ketones is 1. The highest BCUT2D eigenvalue weighted by molar-refractivity contribution is 9.12. The maximum atomic E-state index is 11.9. The zero-order valence-corrected chi connectivity index (χ0v) is 11.4. The Morgan fingerprint density at radius 2 is 2.07 bits per heavy atom. The highest BCUT2D eigenvalue weighted by Gasteiger charge is 2.17. The van der Waals surface area contributed by atoms with Crippen LogP contribution in [0.25, 0.3) is 0 Å². The second kappa shape index (κ2) is 5.08. The molecule has 0 radical (unpaired) electrons. The quantitative estimate of drug-likeness (QED) is 0.614. The number of carbonyl (C=O) groups is 1. The number of rotatable bonds is 3. The van der Waals surface area contributed by atoms with E-state index in [-0.39, 0.29) is 10.6 Å². The summed E-state index contributed by atoms with van der Waals surface area (Å²) < 4.78 is 0. The SMILES string of the molecule is Cc1cccc(C(=O)C(Br)CBr)c1C. The molecule has 0 saturated carbocycles. The highest BCUT2D eigenvalue weighted by atomic mass is 79.9. The molecular formula is C11H12Br2O. The number of carbonyl (C=O) groups excluding carboxylic acids is 1. The van der Waals surface area contributed by atoms with Gasteiger partial charge < -0.3 is 0 Å². The van der Waals surface area contributed by atoms with Gasteiger partial charge in [0.1, 0.15) is 0 Å². The fraction of sp³-hybridized carbons (Fsp3) is 0.364. The second-order valence-electron chi connectivity index (χ2n) is 3.23. The lowest BCUT2D eigenvalue weighted by atomic mass is 9.99. The molecular weight excluding hydrogens is 308 g/mol. The van der Waals surface area contributed by atoms with E-state index in [0.717, 1.165) is 16.7 Å². The van der Waals surface area contributed by atoms with Crippen molar-refractivity contribution in [1.29, 1.82) is 0 Å². The maximum absolute atomic E-state index is 11.9. The van der Waals surface area contributed by atoms with Gasteiger partial charge in [-0.3, -0.25) is 4.79 Å². The molecule has 3 heteroatoms. The molecule has 0 aliphatic rings. The molecule has 0 amide bonds. The standard InChI is InChI=1S/C11H12Br2O/c1-7-4-3-5-9(8(7)2)11(14)10(13)6-12/h3-5,10H,6H2,1-2H3. The topological polar surface area (TPSA) is 17.1 Å². The Bertz CT molecular complexity index is 347. The average Bonchev–Trinajstić information content (AvgIpc) is 2.20. The van der Waals surface area contributed by atoms with Crippen LogP contribution in [0.3, 0.4) is 0 Å². The van der Waals surface area contributed by atoms with E-state index in [4.69, 9.17) is 0 Å². The van der Waals surface area contributed by atoms with Gasteiger partial charge in [0.15, 0.2) is 5.78 Å². The van der Waals surface area contributed by atoms with Gasteiger partial charge >= 0.3 is 0 Å². The smallest absolute Gasteiger partial charge is 0.177 e. The van der Waals surface area contributed by atoms with Gasteiger partial charge in [0.25, 0.3) is 0 Å². The van der Waals surface area contributed by atoms with Crippen LogP contribution >= 0.6 is 31.9 Å². The summed E-state index contributed by atoms with van der Waals surface area (Å²) in [5, 5.41) is 0.638. The van der Waals surface area contributed by atoms with Gasteiger partial charge in [0, 0.05) is 10.9 Å². The van der Waals surface area contributed by atoms with E-state index in [1.807, 2.05) is 32.0 Å². The summed E-state index contributed by atoms with van der Waals surface area (Å²) in [4.78, 5) is 11.7. The molecule has 76 valence electrons. The minimum absolute atomic E-state index is 0.136. The monoisotopic (exact) mass is 318 g/mol. The van der Waals surface area contributed by atoms with Gasteiger partial charge in [0.2, 0.25) is 0 Å². The van der Waals surface area contributed by atoms with Crippen LogP contribution in [0.1, 0.15) is 21.5 Å². The average molecular weight is 320 g/mol. The van der Waals surface area contributed by atoms with Crippen LogP contribution in [0.15, 0.2) is 18.2 Å². The molecule has 1 aromatic rings. The fourth-order valence-electron chi connectivity index (χ4n) is 1.26. The van der Waals surface area contributed by atoms with E-state index in [1.165, 1.54) is 0 Å². The molecule has 1 aromatic carbocycles. The largest absolute Gasteiger partial charge is 0.293 e. The molecule has 1 atom stereocenters. The number of benzene rings is 1. The van der Waals surface area contributed by atoms with E-state index >= 15 is 0 Å². The summed E-state index contributed by atoms with van der Waals surface area (Å²) in [6.07, 6.45) is 0. The molecule has 0 heterocycles. The number of alkyl halides is 2. The minimum atomic E-state index is -0.136. The zero-order valence-electron chi connectivity index (χ0n) is 8.18. The predicted octanol–water partition coefficient (Wildman–Crippen LogP) is 3.64. The van der Waals surface area contributed by atoms with Crippen molar-refractivity contribution >= 4 is 37.6 Å². The normalized spacial score (nSPS) is 12.6. The van der Waals surface area contributed by atoms with E-state index in [9.17, 15) is 4.79 Å². The lowest BCUT2D eigenvalue weighted by molar-refractivity contribution is 0.0996. The van der Waals surface area contributed by atoms with Crippen LogP contribution in [0.4, 0.5) is 0 Å². The molecule has 14 heavy (non-hydrogen) atoms. The Morgan fingerprint density at radius 3 is 2.64 bits per heavy atom.